The largest absolute Gasteiger partial charge is 0.469 e. The molecular formula is C85H180N4O12. The van der Waals surface area contributed by atoms with E-state index in [1.54, 1.807) is 84.0 Å². The van der Waals surface area contributed by atoms with Crippen LogP contribution in [0.4, 0.5) is 0 Å². The molecule has 0 rings (SSSR count). The molecule has 16 heteroatoms. The minimum absolute atomic E-state index is 0.0497. The number of carbonyl (C=O) groups excluding carboxylic acids is 8. The molecule has 0 aromatic heterocycles. The van der Waals surface area contributed by atoms with Crippen molar-refractivity contribution in [3.05, 3.63) is 12.2 Å². The predicted octanol–water partition coefficient (Wildman–Crippen LogP) is 21.4. The van der Waals surface area contributed by atoms with E-state index in [1.807, 2.05) is 103 Å². The van der Waals surface area contributed by atoms with Crippen LogP contribution in [0.3, 0.4) is 0 Å². The fraction of sp³-hybridized carbons (Fsp3) is 0.882. The Labute approximate surface area is 631 Å². The van der Waals surface area contributed by atoms with E-state index >= 15 is 0 Å². The Hall–Kier alpha value is -4.18. The quantitative estimate of drug-likeness (QED) is 0.0286. The average molecular weight is 1450 g/mol. The number of esters is 3. The molecule has 16 nitrogen and oxygen atoms in total. The van der Waals surface area contributed by atoms with Crippen molar-refractivity contribution in [1.82, 2.24) is 19.6 Å². The molecule has 0 atom stereocenters. The molecule has 3 amide bonds. The number of hydrogen-bond acceptors (Lipinski definition) is 13. The SMILES string of the molecule is CC(=O)C(C)(C)C(C)C.CC(=O)CC(C)C.CC(C)/C=C/C(=O)N(C)C.CC(C)CC(=O)N(C)C.CC(C)CCC(=O)N(C)C.CC(C)CCN(C)C.CCCC(C)C.CCCCC(C)C.COC(=O)C(C)(C)C(C)C.COC(=O)CC(C)C.COC(=O)CCC(C)C.COCCCC(C)C. The second kappa shape index (κ2) is 81.5. The molecule has 0 saturated carbocycles. The molecule has 0 N–H and O–H groups in total. The van der Waals surface area contributed by atoms with Gasteiger partial charge in [-0.05, 0) is 158 Å². The minimum Gasteiger partial charge on any atom is -0.469 e. The number of unbranched alkanes of at least 4 members (excludes halogenated alkanes) is 1. The molecule has 0 heterocycles. The lowest BCUT2D eigenvalue weighted by Gasteiger charge is -2.25. The molecule has 0 aliphatic heterocycles. The summed E-state index contributed by atoms with van der Waals surface area (Å²) < 4.78 is 18.4. The molecule has 0 unspecified atom stereocenters. The van der Waals surface area contributed by atoms with Crippen molar-refractivity contribution in [2.45, 2.75) is 318 Å². The van der Waals surface area contributed by atoms with E-state index in [0.717, 1.165) is 49.5 Å². The summed E-state index contributed by atoms with van der Waals surface area (Å²) in [5.41, 5.74) is -0.491. The van der Waals surface area contributed by atoms with Crippen LogP contribution in [0.5, 0.6) is 0 Å². The van der Waals surface area contributed by atoms with Crippen LogP contribution in [0.15, 0.2) is 12.2 Å². The lowest BCUT2D eigenvalue weighted by Crippen LogP contribution is -2.30. The van der Waals surface area contributed by atoms with Crippen molar-refractivity contribution < 1.29 is 57.3 Å². The summed E-state index contributed by atoms with van der Waals surface area (Å²) in [6, 6.07) is 0. The van der Waals surface area contributed by atoms with Gasteiger partial charge in [-0.3, -0.25) is 33.6 Å². The summed E-state index contributed by atoms with van der Waals surface area (Å²) in [5.74, 6) is 7.98. The first-order valence-electron chi connectivity index (χ1n) is 38.5. The van der Waals surface area contributed by atoms with Gasteiger partial charge in [0.25, 0.3) is 0 Å². The zero-order chi connectivity index (χ0) is 83.1. The Bertz CT molecular complexity index is 1880. The molecular weight excluding hydrogens is 1270 g/mol. The van der Waals surface area contributed by atoms with Crippen molar-refractivity contribution >= 4 is 47.2 Å². The standard InChI is InChI=1S/C8H17NO.C8H15NO.C8H16O2.C8H16O.C7H15NO.C7H17N.C7H14O2.C7H16O.C7H16.C6H12O2.C6H12O.C6H14/c2*1-7(2)5-6-8(10)9(3)4;1-6(2)8(3,4)7(9)10-5;1-6(2)8(4,5)7(3)9;1-6(2)5-7(9)8(3)4;1-7(2)5-6-8(3)4;1-6(2)4-5-7(8)9-3;1-7(2)5-4-6-8-3;1-4-5-6-7(2)3;1-5(2)4-6(7)8-3;1-5(2)4-6(3)7;1-4-5-6(2)3/h7H,5-6H2,1-4H3;5-7H,1-4H3;6H,1-5H3;6H,1-5H3;6H,5H2,1-4H3;7H,5-6H2,1-4H3;6H,4-5H2,1-3H3;7H,4-6H2,1-3H3;7H,4-6H2,1-3H3;5H,4H2,1-3H3;5H,4H2,1-3H3;6H,4-5H2,1-3H3/b;6-5+;;;;;;;;;;. The van der Waals surface area contributed by atoms with E-state index < -0.39 is 0 Å². The molecule has 0 fully saturated rings. The second-order valence-electron chi connectivity index (χ2n) is 33.0. The molecule has 0 radical (unpaired) electrons. The average Bonchev–Trinajstić information content (AvgIpc) is 0.885. The van der Waals surface area contributed by atoms with Crippen molar-refractivity contribution in [2.75, 3.05) is 98.0 Å². The van der Waals surface area contributed by atoms with Gasteiger partial charge in [0, 0.05) is 93.5 Å². The first kappa shape index (κ1) is 124. The first-order valence-corrected chi connectivity index (χ1v) is 38.5. The highest BCUT2D eigenvalue weighted by molar-refractivity contribution is 5.87. The third-order valence-corrected chi connectivity index (χ3v) is 15.0. The summed E-state index contributed by atoms with van der Waals surface area (Å²) in [7, 11) is 20.9. The van der Waals surface area contributed by atoms with Gasteiger partial charge in [0.05, 0.1) is 26.7 Å². The monoisotopic (exact) mass is 1450 g/mol. The number of rotatable bonds is 30. The maximum Gasteiger partial charge on any atom is 0.311 e. The van der Waals surface area contributed by atoms with E-state index in [1.165, 1.54) is 79.2 Å². The highest BCUT2D eigenvalue weighted by Gasteiger charge is 2.32. The molecule has 0 aromatic carbocycles. The predicted molar refractivity (Wildman–Crippen MR) is 439 cm³/mol. The lowest BCUT2D eigenvalue weighted by atomic mass is 9.78. The van der Waals surface area contributed by atoms with Crippen molar-refractivity contribution in [3.8, 4) is 0 Å². The van der Waals surface area contributed by atoms with Crippen LogP contribution < -0.4 is 0 Å². The van der Waals surface area contributed by atoms with Crippen LogP contribution in [0.2, 0.25) is 0 Å². The molecule has 0 bridgehead atoms. The molecule has 101 heavy (non-hydrogen) atoms. The van der Waals surface area contributed by atoms with Crippen LogP contribution in [-0.4, -0.2) is 165 Å². The summed E-state index contributed by atoms with van der Waals surface area (Å²) in [4.78, 5) is 92.9. The third-order valence-electron chi connectivity index (χ3n) is 15.0. The van der Waals surface area contributed by atoms with Crippen molar-refractivity contribution in [3.63, 3.8) is 0 Å². The van der Waals surface area contributed by atoms with Gasteiger partial charge in [0.15, 0.2) is 0 Å². The molecule has 0 aliphatic carbocycles. The number of likely N-dealkylation sites (N-methyl/N-ethyl adjacent to an activating group) is 1. The van der Waals surface area contributed by atoms with Crippen LogP contribution in [0, 0.1) is 81.8 Å². The Morgan fingerprint density at radius 1 is 0.386 bits per heavy atom. The van der Waals surface area contributed by atoms with E-state index in [9.17, 15) is 38.4 Å². The van der Waals surface area contributed by atoms with Crippen LogP contribution in [-0.2, 0) is 57.3 Å². The summed E-state index contributed by atoms with van der Waals surface area (Å²) in [6.07, 6.45) is 19.2. The molecule has 0 aliphatic rings. The Kier molecular flexibility index (Phi) is 99.7. The smallest absolute Gasteiger partial charge is 0.311 e. The van der Waals surface area contributed by atoms with Gasteiger partial charge in [-0.25, -0.2) is 0 Å². The Morgan fingerprint density at radius 2 is 0.752 bits per heavy atom. The van der Waals surface area contributed by atoms with Gasteiger partial charge in [0.1, 0.15) is 11.6 Å². The number of nitrogens with zero attached hydrogens (tertiary/aromatic N) is 4. The fourth-order valence-corrected chi connectivity index (χ4v) is 6.34. The number of ether oxygens (including phenoxy) is 4. The second-order valence-corrected chi connectivity index (χ2v) is 33.0. The molecule has 0 aromatic rings. The maximum absolute atomic E-state index is 11.1. The zero-order valence-electron chi connectivity index (χ0n) is 75.8. The van der Waals surface area contributed by atoms with Gasteiger partial charge in [-0.1, -0.05) is 232 Å². The van der Waals surface area contributed by atoms with E-state index in [-0.39, 0.29) is 58.0 Å². The van der Waals surface area contributed by atoms with Crippen LogP contribution in [0.25, 0.3) is 0 Å². The van der Waals surface area contributed by atoms with Crippen LogP contribution in [0.1, 0.15) is 318 Å². The third kappa shape index (κ3) is 126. The van der Waals surface area contributed by atoms with Crippen LogP contribution >= 0.6 is 0 Å². The Morgan fingerprint density at radius 3 is 0.921 bits per heavy atom. The van der Waals surface area contributed by atoms with Gasteiger partial charge in [-0.15, -0.1) is 0 Å². The molecule has 0 saturated heterocycles. The normalized spacial score (nSPS) is 10.5. The minimum atomic E-state index is -0.352. The maximum atomic E-state index is 11.1. The zero-order valence-corrected chi connectivity index (χ0v) is 75.8. The van der Waals surface area contributed by atoms with Crippen molar-refractivity contribution in [1.29, 1.82) is 0 Å². The lowest BCUT2D eigenvalue weighted by molar-refractivity contribution is -0.153. The fourth-order valence-electron chi connectivity index (χ4n) is 6.34. The van der Waals surface area contributed by atoms with E-state index in [4.69, 9.17) is 4.74 Å². The highest BCUT2D eigenvalue weighted by atomic mass is 16.5. The van der Waals surface area contributed by atoms with E-state index in [0.29, 0.717) is 73.0 Å². The summed E-state index contributed by atoms with van der Waals surface area (Å²) in [5, 5.41) is 0. The number of allylic oxidation sites excluding steroid dienone is 1. The summed E-state index contributed by atoms with van der Waals surface area (Å²) >= 11 is 0. The van der Waals surface area contributed by atoms with E-state index in [2.05, 4.69) is 144 Å². The summed E-state index contributed by atoms with van der Waals surface area (Å²) in [6.45, 7) is 68.5. The molecule has 612 valence electrons. The number of hydrogen-bond donors (Lipinski definition) is 0. The number of ketones is 2. The highest BCUT2D eigenvalue weighted by Crippen LogP contribution is 2.27. The van der Waals surface area contributed by atoms with Gasteiger partial charge in [0.2, 0.25) is 17.7 Å². The topological polar surface area (TPSA) is 186 Å². The Balaban J connectivity index is -0.0000000858. The molecule has 0 spiro atoms. The number of carbonyl (C=O) groups is 8. The first-order chi connectivity index (χ1) is 45.8. The van der Waals surface area contributed by atoms with Crippen molar-refractivity contribution in [2.24, 2.45) is 81.8 Å². The van der Waals surface area contributed by atoms with Gasteiger partial charge >= 0.3 is 17.9 Å². The number of Topliss-reactive ketones (excluding diaryl/α,β-unsaturated/α-hetero) is 2. The number of methoxy groups -OCH3 is 4. The van der Waals surface area contributed by atoms with Gasteiger partial charge in [-0.2, -0.15) is 0 Å². The number of amides is 3. The van der Waals surface area contributed by atoms with Gasteiger partial charge < -0.3 is 43.3 Å².